The Balaban J connectivity index is 2.90. The van der Waals surface area contributed by atoms with Gasteiger partial charge in [-0.1, -0.05) is 32.9 Å². The molecular formula is C13H19NO3S. The molecule has 0 heterocycles. The molecule has 0 saturated heterocycles. The van der Waals surface area contributed by atoms with Gasteiger partial charge in [-0.2, -0.15) is 0 Å². The van der Waals surface area contributed by atoms with E-state index in [1.807, 2.05) is 16.9 Å². The summed E-state index contributed by atoms with van der Waals surface area (Å²) < 4.78 is 24.6. The Bertz CT molecular complexity index is 524. The molecule has 1 N–H and O–H groups in total. The first-order valence-electron chi connectivity index (χ1n) is 5.81. The molecule has 1 aromatic carbocycles. The zero-order valence-corrected chi connectivity index (χ0v) is 12.0. The lowest BCUT2D eigenvalue weighted by atomic mass is 9.87. The van der Waals surface area contributed by atoms with Gasteiger partial charge in [-0.05, 0) is 30.0 Å². The van der Waals surface area contributed by atoms with Crippen molar-refractivity contribution in [1.29, 1.82) is 0 Å². The van der Waals surface area contributed by atoms with Crippen LogP contribution in [0.1, 0.15) is 43.6 Å². The number of benzene rings is 1. The van der Waals surface area contributed by atoms with Crippen molar-refractivity contribution in [3.63, 3.8) is 0 Å². The van der Waals surface area contributed by atoms with Crippen LogP contribution in [0.2, 0.25) is 0 Å². The highest BCUT2D eigenvalue weighted by molar-refractivity contribution is 7.90. The summed E-state index contributed by atoms with van der Waals surface area (Å²) >= 11 is 0. The number of hydrogen-bond donors (Lipinski definition) is 1. The Hall–Kier alpha value is -1.36. The van der Waals surface area contributed by atoms with Crippen molar-refractivity contribution in [2.75, 3.05) is 5.75 Å². The van der Waals surface area contributed by atoms with Crippen LogP contribution in [-0.4, -0.2) is 20.1 Å². The van der Waals surface area contributed by atoms with Crippen LogP contribution >= 0.6 is 0 Å². The maximum absolute atomic E-state index is 11.7. The van der Waals surface area contributed by atoms with Gasteiger partial charge >= 0.3 is 0 Å². The lowest BCUT2D eigenvalue weighted by Crippen LogP contribution is -2.31. The zero-order chi connectivity index (χ0) is 14.0. The maximum Gasteiger partial charge on any atom is 0.264 e. The molecular weight excluding hydrogens is 250 g/mol. The van der Waals surface area contributed by atoms with E-state index in [0.29, 0.717) is 5.56 Å². The molecule has 1 amide bonds. The monoisotopic (exact) mass is 269 g/mol. The van der Waals surface area contributed by atoms with Gasteiger partial charge in [-0.15, -0.1) is 0 Å². The second-order valence-corrected chi connectivity index (χ2v) is 7.17. The molecule has 0 atom stereocenters. The van der Waals surface area contributed by atoms with Crippen molar-refractivity contribution >= 4 is 15.9 Å². The third-order valence-electron chi connectivity index (χ3n) is 2.64. The van der Waals surface area contributed by atoms with Gasteiger partial charge in [0.15, 0.2) is 0 Å². The fourth-order valence-corrected chi connectivity index (χ4v) is 1.94. The molecule has 0 aliphatic rings. The molecule has 0 unspecified atom stereocenters. The summed E-state index contributed by atoms with van der Waals surface area (Å²) in [5.74, 6) is -0.698. The number of carbonyl (C=O) groups excluding carboxylic acids is 1. The quantitative estimate of drug-likeness (QED) is 0.913. The van der Waals surface area contributed by atoms with E-state index in [-0.39, 0.29) is 11.2 Å². The Kier molecular flexibility index (Phi) is 4.16. The average Bonchev–Trinajstić information content (AvgIpc) is 2.27. The first-order valence-corrected chi connectivity index (χ1v) is 7.46. The number of hydrogen-bond acceptors (Lipinski definition) is 3. The molecule has 5 heteroatoms. The van der Waals surface area contributed by atoms with Crippen molar-refractivity contribution in [3.8, 4) is 0 Å². The largest absolute Gasteiger partial charge is 0.268 e. The highest BCUT2D eigenvalue weighted by Gasteiger charge is 2.16. The van der Waals surface area contributed by atoms with Crippen molar-refractivity contribution in [2.24, 2.45) is 0 Å². The highest BCUT2D eigenvalue weighted by atomic mass is 32.2. The Morgan fingerprint density at radius 2 is 1.67 bits per heavy atom. The summed E-state index contributed by atoms with van der Waals surface area (Å²) in [6.45, 7) is 7.70. The molecule has 0 saturated carbocycles. The van der Waals surface area contributed by atoms with Gasteiger partial charge in [0.05, 0.1) is 5.75 Å². The molecule has 0 aliphatic carbocycles. The van der Waals surface area contributed by atoms with Gasteiger partial charge in [0.2, 0.25) is 10.0 Å². The topological polar surface area (TPSA) is 63.2 Å². The van der Waals surface area contributed by atoms with Crippen LogP contribution in [0, 0.1) is 0 Å². The summed E-state index contributed by atoms with van der Waals surface area (Å²) in [5, 5.41) is 0. The molecule has 100 valence electrons. The zero-order valence-electron chi connectivity index (χ0n) is 11.1. The van der Waals surface area contributed by atoms with Crippen LogP contribution in [0.5, 0.6) is 0 Å². The number of carbonyl (C=O) groups is 1. The van der Waals surface area contributed by atoms with Gasteiger partial charge in [-0.25, -0.2) is 13.1 Å². The van der Waals surface area contributed by atoms with E-state index in [4.69, 9.17) is 0 Å². The normalized spacial score (nSPS) is 12.2. The average molecular weight is 269 g/mol. The highest BCUT2D eigenvalue weighted by Crippen LogP contribution is 2.22. The van der Waals surface area contributed by atoms with Crippen LogP contribution < -0.4 is 4.72 Å². The molecule has 0 bridgehead atoms. The first-order chi connectivity index (χ1) is 8.15. The summed E-state index contributed by atoms with van der Waals surface area (Å²) in [4.78, 5) is 11.7. The van der Waals surface area contributed by atoms with E-state index in [1.165, 1.54) is 6.92 Å². The van der Waals surface area contributed by atoms with Crippen molar-refractivity contribution in [1.82, 2.24) is 4.72 Å². The van der Waals surface area contributed by atoms with E-state index >= 15 is 0 Å². The molecule has 1 rings (SSSR count). The number of sulfonamides is 1. The molecule has 0 spiro atoms. The van der Waals surface area contributed by atoms with E-state index in [0.717, 1.165) is 5.56 Å². The van der Waals surface area contributed by atoms with Crippen molar-refractivity contribution in [2.45, 2.75) is 33.1 Å². The molecule has 0 aromatic heterocycles. The van der Waals surface area contributed by atoms with Gasteiger partial charge in [-0.3, -0.25) is 4.79 Å². The molecule has 0 radical (unpaired) electrons. The third kappa shape index (κ3) is 3.84. The molecule has 18 heavy (non-hydrogen) atoms. The van der Waals surface area contributed by atoms with E-state index in [2.05, 4.69) is 20.8 Å². The van der Waals surface area contributed by atoms with E-state index < -0.39 is 15.9 Å². The Morgan fingerprint density at radius 3 is 2.06 bits per heavy atom. The molecule has 1 aromatic rings. The summed E-state index contributed by atoms with van der Waals surface area (Å²) in [5.41, 5.74) is 1.45. The second-order valence-electron chi connectivity index (χ2n) is 5.16. The molecule has 0 fully saturated rings. The lowest BCUT2D eigenvalue weighted by molar-refractivity contribution is 0.0981. The minimum atomic E-state index is -3.50. The van der Waals surface area contributed by atoms with Crippen molar-refractivity contribution in [3.05, 3.63) is 35.4 Å². The van der Waals surface area contributed by atoms with Gasteiger partial charge < -0.3 is 0 Å². The minimum Gasteiger partial charge on any atom is -0.268 e. The third-order valence-corrected chi connectivity index (χ3v) is 3.90. The van der Waals surface area contributed by atoms with Crippen LogP contribution in [0.25, 0.3) is 0 Å². The number of nitrogens with one attached hydrogen (secondary N) is 1. The van der Waals surface area contributed by atoms with E-state index in [1.54, 1.807) is 12.1 Å². The molecule has 4 nitrogen and oxygen atoms in total. The van der Waals surface area contributed by atoms with Crippen LogP contribution in [0.4, 0.5) is 0 Å². The minimum absolute atomic E-state index is 0.00447. The lowest BCUT2D eigenvalue weighted by Gasteiger charge is -2.19. The van der Waals surface area contributed by atoms with Gasteiger partial charge in [0.25, 0.3) is 5.91 Å². The first kappa shape index (κ1) is 14.7. The van der Waals surface area contributed by atoms with Crippen LogP contribution in [0.3, 0.4) is 0 Å². The SMILES string of the molecule is CCS(=O)(=O)NC(=O)c1ccc(C(C)(C)C)cc1. The second kappa shape index (κ2) is 5.10. The summed E-state index contributed by atoms with van der Waals surface area (Å²) in [6, 6.07) is 6.96. The van der Waals surface area contributed by atoms with E-state index in [9.17, 15) is 13.2 Å². The fourth-order valence-electron chi connectivity index (χ4n) is 1.39. The number of amides is 1. The number of rotatable bonds is 3. The van der Waals surface area contributed by atoms with Crippen LogP contribution in [-0.2, 0) is 15.4 Å². The van der Waals surface area contributed by atoms with Crippen molar-refractivity contribution < 1.29 is 13.2 Å². The Labute approximate surface area is 108 Å². The smallest absolute Gasteiger partial charge is 0.264 e. The standard InChI is InChI=1S/C13H19NO3S/c1-5-18(16,17)14-12(15)10-6-8-11(9-7-10)13(2,3)4/h6-9H,5H2,1-4H3,(H,14,15). The predicted octanol–water partition coefficient (Wildman–Crippen LogP) is 2.06. The maximum atomic E-state index is 11.7. The summed E-state index contributed by atoms with van der Waals surface area (Å²) in [6.07, 6.45) is 0. The van der Waals surface area contributed by atoms with Gasteiger partial charge in [0.1, 0.15) is 0 Å². The van der Waals surface area contributed by atoms with Gasteiger partial charge in [0, 0.05) is 5.56 Å². The molecule has 0 aliphatic heterocycles. The summed E-state index contributed by atoms with van der Waals surface area (Å²) in [7, 11) is -3.50. The fraction of sp³-hybridized carbons (Fsp3) is 0.462. The predicted molar refractivity (Wildman–Crippen MR) is 72.1 cm³/mol. The Morgan fingerprint density at radius 1 is 1.17 bits per heavy atom. The van der Waals surface area contributed by atoms with Crippen LogP contribution in [0.15, 0.2) is 24.3 Å².